The molecule has 71 heavy (non-hydrogen) atoms. The van der Waals surface area contributed by atoms with Crippen LogP contribution in [-0.2, 0) is 0 Å². The average molecular weight is 911 g/mol. The summed E-state index contributed by atoms with van der Waals surface area (Å²) in [5.41, 5.74) is 14.2. The van der Waals surface area contributed by atoms with E-state index in [9.17, 15) is 0 Å². The lowest BCUT2D eigenvalue weighted by atomic mass is 9.92. The quantitative estimate of drug-likeness (QED) is 0.121. The van der Waals surface area contributed by atoms with Crippen molar-refractivity contribution in [3.63, 3.8) is 0 Å². The van der Waals surface area contributed by atoms with Crippen LogP contribution in [-0.4, -0.2) is 19.1 Å². The van der Waals surface area contributed by atoms with Gasteiger partial charge in [-0.3, -0.25) is 18.9 Å². The number of anilines is 6. The van der Waals surface area contributed by atoms with Gasteiger partial charge in [-0.2, -0.15) is 0 Å². The second kappa shape index (κ2) is 17.5. The predicted octanol–water partition coefficient (Wildman–Crippen LogP) is 17.2. The molecule has 2 heterocycles. The lowest BCUT2D eigenvalue weighted by Crippen LogP contribution is -2.16. The minimum atomic E-state index is 0.784. The highest BCUT2D eigenvalue weighted by Gasteiger charge is 2.26. The van der Waals surface area contributed by atoms with Crippen LogP contribution in [0.5, 0.6) is 0 Å². The first-order valence-corrected chi connectivity index (χ1v) is 24.1. The molecule has 0 radical (unpaired) electrons. The second-order valence-corrected chi connectivity index (χ2v) is 18.0. The molecule has 0 saturated carbocycles. The highest BCUT2D eigenvalue weighted by molar-refractivity contribution is 6.26. The molecule has 0 saturated heterocycles. The Morgan fingerprint density at radius 3 is 1.18 bits per heavy atom. The number of nitrogens with zero attached hydrogens (tertiary/aromatic N) is 6. The van der Waals surface area contributed by atoms with Crippen molar-refractivity contribution < 1.29 is 0 Å². The molecular formula is C65H46N6. The number of benzene rings is 11. The van der Waals surface area contributed by atoms with Gasteiger partial charge in [-0.05, 0) is 99.3 Å². The first-order valence-electron chi connectivity index (χ1n) is 24.1. The summed E-state index contributed by atoms with van der Waals surface area (Å²) < 4.78 is 4.49. The van der Waals surface area contributed by atoms with Gasteiger partial charge in [0.1, 0.15) is 0 Å². The number of aromatic nitrogens is 4. The minimum Gasteiger partial charge on any atom is -0.285 e. The standard InChI is InChI=1S/C65H46N6/c1-45-25-33-52(34-26-45)70(60-23-13-11-21-54(60)48-17-7-3-8-18-48)64-66-41-43-68(64)58-39-31-50-30-38-57-59(40-32-51-29-37-56(58)62(50)63(51)57)69-44-42-67-65(69)71(53-35-27-47(28-36-53)46-15-5-2-6-16-46)61-24-14-12-22-55(61)49-19-9-4-10-20-49/h2-44H,1H3. The van der Waals surface area contributed by atoms with Gasteiger partial charge in [-0.25, -0.2) is 9.97 Å². The summed E-state index contributed by atoms with van der Waals surface area (Å²) in [5, 5.41) is 7.03. The van der Waals surface area contributed by atoms with Gasteiger partial charge in [0.05, 0.1) is 22.7 Å². The largest absolute Gasteiger partial charge is 0.285 e. The van der Waals surface area contributed by atoms with Crippen LogP contribution in [0.3, 0.4) is 0 Å². The fraction of sp³-hybridized carbons (Fsp3) is 0.0154. The Morgan fingerprint density at radius 1 is 0.338 bits per heavy atom. The normalized spacial score (nSPS) is 11.5. The highest BCUT2D eigenvalue weighted by Crippen LogP contribution is 2.46. The van der Waals surface area contributed by atoms with E-state index in [-0.39, 0.29) is 0 Å². The van der Waals surface area contributed by atoms with Crippen molar-refractivity contribution >= 4 is 67.0 Å². The molecule has 0 aliphatic heterocycles. The van der Waals surface area contributed by atoms with Crippen LogP contribution in [0, 0.1) is 6.92 Å². The van der Waals surface area contributed by atoms with Crippen molar-refractivity contribution in [2.75, 3.05) is 9.80 Å². The van der Waals surface area contributed by atoms with E-state index < -0.39 is 0 Å². The third kappa shape index (κ3) is 7.29. The molecule has 2 aromatic heterocycles. The molecule has 336 valence electrons. The molecule has 6 heteroatoms. The maximum absolute atomic E-state index is 5.20. The number of aryl methyl sites for hydroxylation is 1. The molecule has 0 spiro atoms. The Labute approximate surface area is 412 Å². The van der Waals surface area contributed by atoms with E-state index >= 15 is 0 Å². The molecule has 0 amide bonds. The van der Waals surface area contributed by atoms with Crippen LogP contribution in [0.2, 0.25) is 0 Å². The minimum absolute atomic E-state index is 0.784. The molecule has 13 rings (SSSR count). The van der Waals surface area contributed by atoms with E-state index in [0.717, 1.165) is 84.6 Å². The summed E-state index contributed by atoms with van der Waals surface area (Å²) in [4.78, 5) is 14.9. The molecule has 0 aliphatic rings. The lowest BCUT2D eigenvalue weighted by molar-refractivity contribution is 1.02. The Bertz CT molecular complexity index is 3990. The summed E-state index contributed by atoms with van der Waals surface area (Å²) in [5.74, 6) is 1.58. The number of rotatable bonds is 11. The predicted molar refractivity (Wildman–Crippen MR) is 295 cm³/mol. The summed E-state index contributed by atoms with van der Waals surface area (Å²) in [7, 11) is 0. The van der Waals surface area contributed by atoms with Crippen LogP contribution < -0.4 is 9.80 Å². The number of imidazole rings is 2. The Hall–Kier alpha value is -9.52. The zero-order valence-corrected chi connectivity index (χ0v) is 39.0. The number of hydrogen-bond acceptors (Lipinski definition) is 4. The first-order chi connectivity index (χ1) is 35.2. The third-order valence-corrected chi connectivity index (χ3v) is 13.8. The van der Waals surface area contributed by atoms with Gasteiger partial charge in [0, 0.05) is 58.1 Å². The van der Waals surface area contributed by atoms with Crippen molar-refractivity contribution in [2.24, 2.45) is 0 Å². The molecule has 0 N–H and O–H groups in total. The SMILES string of the molecule is Cc1ccc(N(c2ccccc2-c2ccccc2)c2nccn2-c2ccc3ccc4c(-n5ccnc5N(c5ccc(-c6ccccc6)cc5)c5ccccc5-c5ccccc5)ccc5ccc2c3c54)cc1. The second-order valence-electron chi connectivity index (χ2n) is 18.0. The monoisotopic (exact) mass is 910 g/mol. The number of para-hydroxylation sites is 2. The van der Waals surface area contributed by atoms with E-state index in [1.807, 2.05) is 12.4 Å². The van der Waals surface area contributed by atoms with Gasteiger partial charge >= 0.3 is 0 Å². The van der Waals surface area contributed by atoms with Gasteiger partial charge in [0.15, 0.2) is 0 Å². The zero-order valence-electron chi connectivity index (χ0n) is 39.0. The smallest absolute Gasteiger partial charge is 0.219 e. The summed E-state index contributed by atoms with van der Waals surface area (Å²) in [6.07, 6.45) is 8.01. The van der Waals surface area contributed by atoms with E-state index in [4.69, 9.17) is 9.97 Å². The number of hydrogen-bond donors (Lipinski definition) is 0. The summed E-state index contributed by atoms with van der Waals surface area (Å²) in [6.45, 7) is 2.13. The fourth-order valence-electron chi connectivity index (χ4n) is 10.4. The molecule has 0 aliphatic carbocycles. The summed E-state index contributed by atoms with van der Waals surface area (Å²) in [6, 6.07) is 84.6. The Morgan fingerprint density at radius 2 is 0.718 bits per heavy atom. The van der Waals surface area contributed by atoms with Crippen molar-refractivity contribution in [1.82, 2.24) is 19.1 Å². The van der Waals surface area contributed by atoms with E-state index in [0.29, 0.717) is 0 Å². The van der Waals surface area contributed by atoms with Gasteiger partial charge < -0.3 is 0 Å². The average Bonchev–Trinajstić information content (AvgIpc) is 4.13. The lowest BCUT2D eigenvalue weighted by Gasteiger charge is -2.28. The van der Waals surface area contributed by atoms with Crippen molar-refractivity contribution in [1.29, 1.82) is 0 Å². The Kier molecular flexibility index (Phi) is 10.3. The van der Waals surface area contributed by atoms with Crippen LogP contribution in [0.4, 0.5) is 34.6 Å². The Balaban J connectivity index is 0.979. The molecule has 0 bridgehead atoms. The molecule has 0 atom stereocenters. The molecule has 13 aromatic rings. The van der Waals surface area contributed by atoms with Crippen molar-refractivity contribution in [3.05, 3.63) is 267 Å². The van der Waals surface area contributed by atoms with Crippen molar-refractivity contribution in [2.45, 2.75) is 6.92 Å². The molecule has 11 aromatic carbocycles. The van der Waals surface area contributed by atoms with Crippen LogP contribution in [0.25, 0.3) is 77.1 Å². The van der Waals surface area contributed by atoms with E-state index in [1.165, 1.54) is 32.7 Å². The maximum atomic E-state index is 5.20. The third-order valence-electron chi connectivity index (χ3n) is 13.8. The van der Waals surface area contributed by atoms with Crippen LogP contribution >= 0.6 is 0 Å². The molecule has 6 nitrogen and oxygen atoms in total. The molecule has 0 fully saturated rings. The van der Waals surface area contributed by atoms with Gasteiger partial charge in [-0.15, -0.1) is 0 Å². The van der Waals surface area contributed by atoms with Gasteiger partial charge in [-0.1, -0.05) is 194 Å². The van der Waals surface area contributed by atoms with Gasteiger partial charge in [0.2, 0.25) is 11.9 Å². The van der Waals surface area contributed by atoms with Gasteiger partial charge in [0.25, 0.3) is 0 Å². The van der Waals surface area contributed by atoms with E-state index in [2.05, 4.69) is 275 Å². The molecular weight excluding hydrogens is 865 g/mol. The van der Waals surface area contributed by atoms with Crippen LogP contribution in [0.15, 0.2) is 261 Å². The molecule has 0 unspecified atom stereocenters. The fourth-order valence-corrected chi connectivity index (χ4v) is 10.4. The summed E-state index contributed by atoms with van der Waals surface area (Å²) >= 11 is 0. The van der Waals surface area contributed by atoms with Crippen LogP contribution in [0.1, 0.15) is 5.56 Å². The maximum Gasteiger partial charge on any atom is 0.219 e. The highest BCUT2D eigenvalue weighted by atomic mass is 15.3. The first kappa shape index (κ1) is 41.7. The van der Waals surface area contributed by atoms with Crippen molar-refractivity contribution in [3.8, 4) is 44.8 Å². The van der Waals surface area contributed by atoms with E-state index in [1.54, 1.807) is 0 Å². The zero-order chi connectivity index (χ0) is 47.3. The topological polar surface area (TPSA) is 42.1 Å².